The van der Waals surface area contributed by atoms with Crippen molar-refractivity contribution < 1.29 is 28.5 Å². The minimum absolute atomic E-state index is 0.121. The van der Waals surface area contributed by atoms with Crippen LogP contribution in [0, 0.1) is 5.92 Å². The number of piperidine rings is 1. The van der Waals surface area contributed by atoms with Gasteiger partial charge in [-0.05, 0) is 62.7 Å². The zero-order chi connectivity index (χ0) is 24.9. The number of rotatable bonds is 8. The average Bonchev–Trinajstić information content (AvgIpc) is 3.25. The fraction of sp³-hybridized carbons (Fsp3) is 0.483. The second kappa shape index (κ2) is 9.21. The minimum atomic E-state index is -0.307. The highest BCUT2D eigenvalue weighted by atomic mass is 16.7. The van der Waals surface area contributed by atoms with Gasteiger partial charge in [-0.15, -0.1) is 0 Å². The standard InChI is InChI=1S/C29H33NO6/c1-4-33-28(31)19-7-5-18(6-8-19)16-34-24-12-10-21-22-15-20-9-11-23(35-17-32-3)26-25(20)29(21,27(24)36-26)13-14-30(22)2/h5-12,21-22,24,27H,4,13-17H2,1-3H3/t21-,22+,24-,27-,29-/m0/s1. The summed E-state index contributed by atoms with van der Waals surface area (Å²) in [6.07, 6.45) is 6.28. The molecule has 2 aliphatic carbocycles. The monoisotopic (exact) mass is 491 g/mol. The maximum absolute atomic E-state index is 12.0. The maximum Gasteiger partial charge on any atom is 0.338 e. The lowest BCUT2D eigenvalue weighted by molar-refractivity contribution is -0.0757. The van der Waals surface area contributed by atoms with Gasteiger partial charge in [0, 0.05) is 30.0 Å². The number of likely N-dealkylation sites (N-methyl/N-ethyl adjacent to an activating group) is 1. The smallest absolute Gasteiger partial charge is 0.338 e. The van der Waals surface area contributed by atoms with Crippen molar-refractivity contribution in [1.29, 1.82) is 0 Å². The molecule has 1 spiro atoms. The highest BCUT2D eigenvalue weighted by molar-refractivity contribution is 5.89. The summed E-state index contributed by atoms with van der Waals surface area (Å²) in [7, 11) is 3.86. The molecule has 0 saturated carbocycles. The molecule has 7 heteroatoms. The van der Waals surface area contributed by atoms with Crippen molar-refractivity contribution in [2.45, 2.75) is 50.0 Å². The first kappa shape index (κ1) is 23.5. The van der Waals surface area contributed by atoms with E-state index in [0.717, 1.165) is 36.4 Å². The Morgan fingerprint density at radius 1 is 1.17 bits per heavy atom. The third kappa shape index (κ3) is 3.56. The summed E-state index contributed by atoms with van der Waals surface area (Å²) in [5, 5.41) is 0. The Bertz CT molecular complexity index is 1180. The van der Waals surface area contributed by atoms with E-state index in [9.17, 15) is 4.79 Å². The number of nitrogens with zero attached hydrogens (tertiary/aromatic N) is 1. The number of benzene rings is 2. The SMILES string of the molecule is CCOC(=O)c1ccc(CO[C@H]2C=C[C@H]3[C@H]4Cc5ccc(OCOC)c6c5[C@@]3(CCN4C)[C@H]2O6)cc1. The molecular formula is C29H33NO6. The quantitative estimate of drug-likeness (QED) is 0.315. The lowest BCUT2D eigenvalue weighted by atomic mass is 9.53. The fourth-order valence-electron chi connectivity index (χ4n) is 6.73. The van der Waals surface area contributed by atoms with E-state index in [1.807, 2.05) is 18.2 Å². The third-order valence-corrected chi connectivity index (χ3v) is 8.35. The van der Waals surface area contributed by atoms with Gasteiger partial charge in [0.05, 0.1) is 18.8 Å². The second-order valence-electron chi connectivity index (χ2n) is 10.2. The van der Waals surface area contributed by atoms with Crippen LogP contribution in [0.15, 0.2) is 48.6 Å². The zero-order valence-corrected chi connectivity index (χ0v) is 21.1. The van der Waals surface area contributed by atoms with Crippen molar-refractivity contribution in [1.82, 2.24) is 4.90 Å². The molecular weight excluding hydrogens is 458 g/mol. The molecule has 2 aliphatic heterocycles. The molecule has 0 aromatic heterocycles. The van der Waals surface area contributed by atoms with Crippen LogP contribution < -0.4 is 9.47 Å². The van der Waals surface area contributed by atoms with Crippen molar-refractivity contribution in [3.63, 3.8) is 0 Å². The summed E-state index contributed by atoms with van der Waals surface area (Å²) in [6.45, 7) is 3.80. The molecule has 0 N–H and O–H groups in total. The molecule has 2 bridgehead atoms. The normalized spacial score (nSPS) is 29.4. The Hall–Kier alpha value is -2.87. The van der Waals surface area contributed by atoms with Crippen molar-refractivity contribution in [2.24, 2.45) is 5.92 Å². The first-order chi connectivity index (χ1) is 17.6. The van der Waals surface area contributed by atoms with Gasteiger partial charge >= 0.3 is 5.97 Å². The van der Waals surface area contributed by atoms with E-state index in [1.54, 1.807) is 26.2 Å². The molecule has 6 rings (SSSR count). The van der Waals surface area contributed by atoms with Crippen molar-refractivity contribution in [2.75, 3.05) is 34.1 Å². The molecule has 2 aromatic rings. The summed E-state index contributed by atoms with van der Waals surface area (Å²) in [4.78, 5) is 14.5. The molecule has 190 valence electrons. The Kier molecular flexibility index (Phi) is 6.02. The first-order valence-corrected chi connectivity index (χ1v) is 12.8. The summed E-state index contributed by atoms with van der Waals surface area (Å²) in [5.74, 6) is 1.66. The highest BCUT2D eigenvalue weighted by Gasteiger charge is 2.64. The summed E-state index contributed by atoms with van der Waals surface area (Å²) in [6, 6.07) is 12.1. The molecule has 0 radical (unpaired) electrons. The molecule has 7 nitrogen and oxygen atoms in total. The Labute approximate surface area is 211 Å². The van der Waals surface area contributed by atoms with Crippen molar-refractivity contribution >= 4 is 5.97 Å². The Balaban J connectivity index is 1.29. The second-order valence-corrected chi connectivity index (χ2v) is 10.2. The van der Waals surface area contributed by atoms with Gasteiger partial charge in [-0.25, -0.2) is 4.79 Å². The van der Waals surface area contributed by atoms with E-state index in [4.69, 9.17) is 23.7 Å². The van der Waals surface area contributed by atoms with Crippen LogP contribution in [-0.4, -0.2) is 63.2 Å². The van der Waals surface area contributed by atoms with Gasteiger partial charge in [0.2, 0.25) is 0 Å². The lowest BCUT2D eigenvalue weighted by Crippen LogP contribution is -2.65. The van der Waals surface area contributed by atoms with Crippen LogP contribution >= 0.6 is 0 Å². The number of hydrogen-bond acceptors (Lipinski definition) is 7. The van der Waals surface area contributed by atoms with Gasteiger partial charge in [-0.3, -0.25) is 0 Å². The van der Waals surface area contributed by atoms with Crippen LogP contribution in [0.5, 0.6) is 11.5 Å². The van der Waals surface area contributed by atoms with Gasteiger partial charge in [-0.2, -0.15) is 0 Å². The minimum Gasteiger partial charge on any atom is -0.482 e. The van der Waals surface area contributed by atoms with Crippen LogP contribution in [0.2, 0.25) is 0 Å². The topological polar surface area (TPSA) is 66.5 Å². The highest BCUT2D eigenvalue weighted by Crippen LogP contribution is 2.62. The van der Waals surface area contributed by atoms with Gasteiger partial charge in [0.15, 0.2) is 18.3 Å². The van der Waals surface area contributed by atoms with Crippen molar-refractivity contribution in [3.05, 3.63) is 70.8 Å². The molecule has 36 heavy (non-hydrogen) atoms. The molecule has 0 amide bonds. The van der Waals surface area contributed by atoms with Crippen molar-refractivity contribution in [3.8, 4) is 11.5 Å². The van der Waals surface area contributed by atoms with E-state index in [0.29, 0.717) is 30.7 Å². The van der Waals surface area contributed by atoms with E-state index in [2.05, 4.69) is 30.2 Å². The number of methoxy groups -OCH3 is 1. The number of likely N-dealkylation sites (tertiary alicyclic amines) is 1. The zero-order valence-electron chi connectivity index (χ0n) is 21.1. The maximum atomic E-state index is 12.0. The lowest BCUT2D eigenvalue weighted by Gasteiger charge is -2.56. The molecule has 4 aliphatic rings. The molecule has 1 fully saturated rings. The molecule has 0 unspecified atom stereocenters. The fourth-order valence-corrected chi connectivity index (χ4v) is 6.73. The predicted octanol–water partition coefficient (Wildman–Crippen LogP) is 3.88. The third-order valence-electron chi connectivity index (χ3n) is 8.35. The van der Waals surface area contributed by atoms with Gasteiger partial charge < -0.3 is 28.6 Å². The summed E-state index contributed by atoms with van der Waals surface area (Å²) >= 11 is 0. The predicted molar refractivity (Wildman–Crippen MR) is 133 cm³/mol. The number of ether oxygens (including phenoxy) is 5. The van der Waals surface area contributed by atoms with Crippen LogP contribution in [0.25, 0.3) is 0 Å². The van der Waals surface area contributed by atoms with Crippen LogP contribution in [0.4, 0.5) is 0 Å². The van der Waals surface area contributed by atoms with Gasteiger partial charge in [-0.1, -0.05) is 30.4 Å². The van der Waals surface area contributed by atoms with E-state index < -0.39 is 0 Å². The van der Waals surface area contributed by atoms with E-state index in [1.165, 1.54) is 11.1 Å². The van der Waals surface area contributed by atoms with Gasteiger partial charge in [0.25, 0.3) is 0 Å². The number of esters is 1. The average molecular weight is 492 g/mol. The Morgan fingerprint density at radius 3 is 2.78 bits per heavy atom. The molecule has 2 heterocycles. The van der Waals surface area contributed by atoms with E-state index in [-0.39, 0.29) is 30.4 Å². The largest absolute Gasteiger partial charge is 0.482 e. The molecule has 5 atom stereocenters. The summed E-state index contributed by atoms with van der Waals surface area (Å²) < 4.78 is 29.5. The van der Waals surface area contributed by atoms with Crippen LogP contribution in [-0.2, 0) is 32.7 Å². The van der Waals surface area contributed by atoms with E-state index >= 15 is 0 Å². The first-order valence-electron chi connectivity index (χ1n) is 12.8. The summed E-state index contributed by atoms with van der Waals surface area (Å²) in [5.41, 5.74) is 4.09. The molecule has 2 aromatic carbocycles. The van der Waals surface area contributed by atoms with Gasteiger partial charge in [0.1, 0.15) is 12.2 Å². The Morgan fingerprint density at radius 2 is 2.00 bits per heavy atom. The van der Waals surface area contributed by atoms with Crippen LogP contribution in [0.3, 0.4) is 0 Å². The number of carbonyl (C=O) groups is 1. The number of carbonyl (C=O) groups excluding carboxylic acids is 1. The number of hydrogen-bond donors (Lipinski definition) is 0. The van der Waals surface area contributed by atoms with Crippen LogP contribution in [0.1, 0.15) is 40.4 Å². The molecule has 1 saturated heterocycles.